The summed E-state index contributed by atoms with van der Waals surface area (Å²) in [5, 5.41) is 0. The lowest BCUT2D eigenvalue weighted by Gasteiger charge is -2.11. The summed E-state index contributed by atoms with van der Waals surface area (Å²) in [4.78, 5) is 1.65. The van der Waals surface area contributed by atoms with E-state index in [1.807, 2.05) is 0 Å². The average Bonchev–Trinajstić information content (AvgIpc) is 3.02. The fourth-order valence-electron chi connectivity index (χ4n) is 2.46. The largest absolute Gasteiger partial charge is 0.376 e. The van der Waals surface area contributed by atoms with E-state index >= 15 is 0 Å². The summed E-state index contributed by atoms with van der Waals surface area (Å²) in [6, 6.07) is 12.1. The van der Waals surface area contributed by atoms with E-state index in [0.29, 0.717) is 5.69 Å². The summed E-state index contributed by atoms with van der Waals surface area (Å²) in [7, 11) is -0.489. The first-order chi connectivity index (χ1) is 11.8. The number of hydrogen-bond donors (Lipinski definition) is 0. The molecule has 0 spiro atoms. The Morgan fingerprint density at radius 2 is 1.60 bits per heavy atom. The van der Waals surface area contributed by atoms with Gasteiger partial charge in [0, 0.05) is 25.9 Å². The number of rotatable bonds is 4. The van der Waals surface area contributed by atoms with Crippen molar-refractivity contribution in [3.8, 4) is 11.3 Å². The molecule has 0 saturated heterocycles. The van der Waals surface area contributed by atoms with Crippen LogP contribution in [-0.4, -0.2) is 26.5 Å². The normalized spacial score (nSPS) is 11.5. The number of nitrogens with zero attached hydrogens (tertiary/aromatic N) is 2. The maximum Gasteiger partial charge on any atom is 0.268 e. The monoisotopic (exact) mass is 362 g/mol. The van der Waals surface area contributed by atoms with Gasteiger partial charge in [-0.3, -0.25) is 0 Å². The molecule has 0 amide bonds. The van der Waals surface area contributed by atoms with Crippen LogP contribution < -0.4 is 4.90 Å². The van der Waals surface area contributed by atoms with Crippen LogP contribution in [0.1, 0.15) is 0 Å². The third kappa shape index (κ3) is 3.15. The predicted octanol–water partition coefficient (Wildman–Crippen LogP) is 3.74. The highest BCUT2D eigenvalue weighted by Crippen LogP contribution is 2.31. The molecule has 0 atom stereocenters. The minimum Gasteiger partial charge on any atom is -0.376 e. The molecule has 0 fully saturated rings. The van der Waals surface area contributed by atoms with Crippen molar-refractivity contribution < 1.29 is 17.2 Å². The molecule has 3 rings (SSSR count). The number of hydrogen-bond acceptors (Lipinski definition) is 3. The highest BCUT2D eigenvalue weighted by Gasteiger charge is 2.23. The van der Waals surface area contributed by atoms with Gasteiger partial charge in [0.1, 0.15) is 11.6 Å². The van der Waals surface area contributed by atoms with Gasteiger partial charge < -0.3 is 4.90 Å². The second-order valence-corrected chi connectivity index (χ2v) is 7.53. The van der Waals surface area contributed by atoms with Crippen molar-refractivity contribution in [2.75, 3.05) is 19.0 Å². The van der Waals surface area contributed by atoms with Crippen LogP contribution in [0.2, 0.25) is 0 Å². The molecule has 4 nitrogen and oxygen atoms in total. The molecule has 1 aromatic heterocycles. The van der Waals surface area contributed by atoms with Gasteiger partial charge in [-0.25, -0.2) is 21.2 Å². The maximum atomic E-state index is 14.2. The van der Waals surface area contributed by atoms with Crippen molar-refractivity contribution in [3.05, 3.63) is 72.4 Å². The molecular formula is C18H16F2N2O2S. The molecule has 130 valence electrons. The van der Waals surface area contributed by atoms with Gasteiger partial charge in [-0.15, -0.1) is 0 Å². The van der Waals surface area contributed by atoms with Gasteiger partial charge in [-0.05, 0) is 42.5 Å². The van der Waals surface area contributed by atoms with E-state index in [1.165, 1.54) is 36.5 Å². The van der Waals surface area contributed by atoms with E-state index in [9.17, 15) is 17.2 Å². The zero-order valence-corrected chi connectivity index (χ0v) is 14.5. The molecule has 0 aliphatic heterocycles. The first-order valence-corrected chi connectivity index (χ1v) is 8.90. The highest BCUT2D eigenvalue weighted by molar-refractivity contribution is 7.90. The van der Waals surface area contributed by atoms with Gasteiger partial charge >= 0.3 is 0 Å². The van der Waals surface area contributed by atoms with Crippen LogP contribution >= 0.6 is 0 Å². The topological polar surface area (TPSA) is 42.3 Å². The zero-order valence-electron chi connectivity index (χ0n) is 13.6. The van der Waals surface area contributed by atoms with Crippen molar-refractivity contribution in [2.24, 2.45) is 0 Å². The molecular weight excluding hydrogens is 346 g/mol. The Hall–Kier alpha value is -2.67. The molecule has 0 radical (unpaired) electrons. The molecule has 2 aromatic carbocycles. The Labute approximate surface area is 145 Å². The summed E-state index contributed by atoms with van der Waals surface area (Å²) in [5.41, 5.74) is 0.969. The number of aromatic nitrogens is 1. The van der Waals surface area contributed by atoms with E-state index in [4.69, 9.17) is 0 Å². The van der Waals surface area contributed by atoms with E-state index in [0.717, 1.165) is 16.1 Å². The summed E-state index contributed by atoms with van der Waals surface area (Å²) in [5.74, 6) is -1.06. The van der Waals surface area contributed by atoms with Crippen LogP contribution in [0.5, 0.6) is 0 Å². The molecule has 0 aliphatic carbocycles. The van der Waals surface area contributed by atoms with E-state index in [1.54, 1.807) is 31.1 Å². The quantitative estimate of drug-likeness (QED) is 0.710. The second kappa shape index (κ2) is 6.33. The van der Waals surface area contributed by atoms with Crippen molar-refractivity contribution in [1.82, 2.24) is 3.97 Å². The Kier molecular flexibility index (Phi) is 4.34. The van der Waals surface area contributed by atoms with Gasteiger partial charge in [0.05, 0.1) is 16.3 Å². The minimum absolute atomic E-state index is 0.0765. The standard InChI is InChI=1S/C18H16F2N2O2S/c1-21(2)14-11-18(16-5-3-4-6-17(16)20)22(12-14)25(23,24)15-9-7-13(19)8-10-15/h3-12H,1-2H3. The fourth-order valence-corrected chi connectivity index (χ4v) is 3.82. The first kappa shape index (κ1) is 17.2. The molecule has 0 N–H and O–H groups in total. The van der Waals surface area contributed by atoms with E-state index in [2.05, 4.69) is 0 Å². The SMILES string of the molecule is CN(C)c1cc(-c2ccccc2F)n(S(=O)(=O)c2ccc(F)cc2)c1. The molecule has 1 heterocycles. The van der Waals surface area contributed by atoms with Crippen molar-refractivity contribution in [3.63, 3.8) is 0 Å². The van der Waals surface area contributed by atoms with E-state index < -0.39 is 21.7 Å². The van der Waals surface area contributed by atoms with Crippen LogP contribution in [0.15, 0.2) is 65.7 Å². The van der Waals surface area contributed by atoms with Crippen molar-refractivity contribution in [2.45, 2.75) is 4.90 Å². The van der Waals surface area contributed by atoms with Gasteiger partial charge in [0.25, 0.3) is 10.0 Å². The zero-order chi connectivity index (χ0) is 18.2. The molecule has 0 saturated carbocycles. The van der Waals surface area contributed by atoms with Crippen LogP contribution in [-0.2, 0) is 10.0 Å². The molecule has 3 aromatic rings. The fraction of sp³-hybridized carbons (Fsp3) is 0.111. The van der Waals surface area contributed by atoms with Crippen LogP contribution in [0.25, 0.3) is 11.3 Å². The summed E-state index contributed by atoms with van der Waals surface area (Å²) in [6.45, 7) is 0. The Bertz CT molecular complexity index is 1010. The lowest BCUT2D eigenvalue weighted by atomic mass is 10.1. The van der Waals surface area contributed by atoms with Gasteiger partial charge in [0.15, 0.2) is 0 Å². The molecule has 0 aliphatic rings. The smallest absolute Gasteiger partial charge is 0.268 e. The second-order valence-electron chi connectivity index (χ2n) is 5.71. The third-order valence-corrected chi connectivity index (χ3v) is 5.50. The summed E-state index contributed by atoms with van der Waals surface area (Å²) in [6.07, 6.45) is 1.42. The summed E-state index contributed by atoms with van der Waals surface area (Å²) < 4.78 is 54.4. The lowest BCUT2D eigenvalue weighted by molar-refractivity contribution is 0.586. The average molecular weight is 362 g/mol. The van der Waals surface area contributed by atoms with Gasteiger partial charge in [-0.1, -0.05) is 12.1 Å². The Balaban J connectivity index is 2.25. The maximum absolute atomic E-state index is 14.2. The molecule has 25 heavy (non-hydrogen) atoms. The predicted molar refractivity (Wildman–Crippen MR) is 93.1 cm³/mol. The molecule has 7 heteroatoms. The van der Waals surface area contributed by atoms with Gasteiger partial charge in [0.2, 0.25) is 0 Å². The Morgan fingerprint density at radius 1 is 0.960 bits per heavy atom. The van der Waals surface area contributed by atoms with Crippen LogP contribution in [0.3, 0.4) is 0 Å². The van der Waals surface area contributed by atoms with Gasteiger partial charge in [-0.2, -0.15) is 0 Å². The van der Waals surface area contributed by atoms with Crippen LogP contribution in [0.4, 0.5) is 14.5 Å². The number of halogens is 2. The van der Waals surface area contributed by atoms with Crippen LogP contribution in [0, 0.1) is 11.6 Å². The number of benzene rings is 2. The highest BCUT2D eigenvalue weighted by atomic mass is 32.2. The van der Waals surface area contributed by atoms with Crippen molar-refractivity contribution in [1.29, 1.82) is 0 Å². The van der Waals surface area contributed by atoms with Crippen molar-refractivity contribution >= 4 is 15.7 Å². The van der Waals surface area contributed by atoms with E-state index in [-0.39, 0.29) is 16.2 Å². The number of anilines is 1. The lowest BCUT2D eigenvalue weighted by Crippen LogP contribution is -2.14. The molecule has 0 bridgehead atoms. The first-order valence-electron chi connectivity index (χ1n) is 7.46. The third-order valence-electron chi connectivity index (χ3n) is 3.81. The molecule has 0 unspecified atom stereocenters. The summed E-state index contributed by atoms with van der Waals surface area (Å²) >= 11 is 0. The minimum atomic E-state index is -4.01. The Morgan fingerprint density at radius 3 is 2.20 bits per heavy atom.